The second kappa shape index (κ2) is 5.67. The molecule has 7 nitrogen and oxygen atoms in total. The summed E-state index contributed by atoms with van der Waals surface area (Å²) in [6.07, 6.45) is 7.33. The first-order chi connectivity index (χ1) is 12.7. The number of H-pyrrole nitrogens is 1. The van der Waals surface area contributed by atoms with Gasteiger partial charge in [0.1, 0.15) is 5.65 Å². The van der Waals surface area contributed by atoms with Gasteiger partial charge in [-0.3, -0.25) is 4.79 Å². The van der Waals surface area contributed by atoms with Crippen LogP contribution in [-0.4, -0.2) is 30.4 Å². The number of rotatable bonds is 4. The van der Waals surface area contributed by atoms with Crippen molar-refractivity contribution >= 4 is 28.4 Å². The van der Waals surface area contributed by atoms with E-state index in [1.54, 1.807) is 6.33 Å². The van der Waals surface area contributed by atoms with Gasteiger partial charge in [0.05, 0.1) is 30.2 Å². The zero-order valence-corrected chi connectivity index (χ0v) is 13.9. The largest absolute Gasteiger partial charge is 0.392 e. The Kier molecular flexibility index (Phi) is 3.29. The summed E-state index contributed by atoms with van der Waals surface area (Å²) in [4.78, 5) is 23.7. The van der Waals surface area contributed by atoms with Crippen LogP contribution in [0.3, 0.4) is 0 Å². The quantitative estimate of drug-likeness (QED) is 0.529. The average Bonchev–Trinajstić information content (AvgIpc) is 3.28. The summed E-state index contributed by atoms with van der Waals surface area (Å²) >= 11 is 0. The van der Waals surface area contributed by atoms with E-state index >= 15 is 0 Å². The van der Waals surface area contributed by atoms with Crippen molar-refractivity contribution in [2.45, 2.75) is 19.4 Å². The molecule has 1 fully saturated rings. The van der Waals surface area contributed by atoms with Crippen molar-refractivity contribution in [2.24, 2.45) is 5.92 Å². The molecule has 4 aromatic rings. The first kappa shape index (κ1) is 15.1. The van der Waals surface area contributed by atoms with E-state index in [2.05, 4.69) is 20.3 Å². The van der Waals surface area contributed by atoms with Gasteiger partial charge in [-0.1, -0.05) is 0 Å². The predicted molar refractivity (Wildman–Crippen MR) is 97.6 cm³/mol. The maximum atomic E-state index is 11.9. The van der Waals surface area contributed by atoms with Gasteiger partial charge in [0.15, 0.2) is 5.82 Å². The first-order valence-corrected chi connectivity index (χ1v) is 8.58. The van der Waals surface area contributed by atoms with E-state index in [1.807, 2.05) is 41.1 Å². The average molecular weight is 347 g/mol. The molecule has 1 saturated carbocycles. The normalized spacial score (nSPS) is 14.2. The summed E-state index contributed by atoms with van der Waals surface area (Å²) in [6, 6.07) is 7.74. The van der Waals surface area contributed by atoms with Gasteiger partial charge in [-0.15, -0.1) is 0 Å². The summed E-state index contributed by atoms with van der Waals surface area (Å²) in [5.41, 5.74) is 5.20. The molecule has 3 N–H and O–H groups in total. The van der Waals surface area contributed by atoms with Crippen LogP contribution in [0.15, 0.2) is 43.0 Å². The predicted octanol–water partition coefficient (Wildman–Crippen LogP) is 2.72. The van der Waals surface area contributed by atoms with E-state index in [4.69, 9.17) is 0 Å². The molecule has 0 spiro atoms. The minimum absolute atomic E-state index is 0.0425. The van der Waals surface area contributed by atoms with Crippen molar-refractivity contribution in [3.05, 3.63) is 48.5 Å². The zero-order valence-electron chi connectivity index (χ0n) is 13.9. The van der Waals surface area contributed by atoms with Crippen LogP contribution in [0.2, 0.25) is 0 Å². The molecule has 3 heterocycles. The number of benzene rings is 1. The topological polar surface area (TPSA) is 95.3 Å². The Morgan fingerprint density at radius 2 is 2.19 bits per heavy atom. The zero-order chi connectivity index (χ0) is 17.7. The minimum Gasteiger partial charge on any atom is -0.392 e. The van der Waals surface area contributed by atoms with Gasteiger partial charge in [-0.25, -0.2) is 9.97 Å². The summed E-state index contributed by atoms with van der Waals surface area (Å²) in [5.74, 6) is 0.745. The summed E-state index contributed by atoms with van der Waals surface area (Å²) in [6.45, 7) is -0.0667. The lowest BCUT2D eigenvalue weighted by Crippen LogP contribution is -2.13. The van der Waals surface area contributed by atoms with Crippen molar-refractivity contribution in [3.63, 3.8) is 0 Å². The van der Waals surface area contributed by atoms with Crippen molar-refractivity contribution < 1.29 is 9.90 Å². The lowest BCUT2D eigenvalue weighted by Gasteiger charge is -2.08. The van der Waals surface area contributed by atoms with E-state index in [0.29, 0.717) is 5.82 Å². The van der Waals surface area contributed by atoms with E-state index < -0.39 is 0 Å². The van der Waals surface area contributed by atoms with Crippen LogP contribution in [0.4, 0.5) is 5.82 Å². The minimum atomic E-state index is -0.0667. The molecule has 130 valence electrons. The lowest BCUT2D eigenvalue weighted by molar-refractivity contribution is -0.117. The number of amides is 1. The molecule has 3 aromatic heterocycles. The summed E-state index contributed by atoms with van der Waals surface area (Å²) in [5, 5.41) is 12.6. The Bertz CT molecular complexity index is 1140. The van der Waals surface area contributed by atoms with Gasteiger partial charge in [0.25, 0.3) is 0 Å². The summed E-state index contributed by atoms with van der Waals surface area (Å²) < 4.78 is 1.89. The molecule has 7 heteroatoms. The maximum absolute atomic E-state index is 11.9. The number of carbonyl (C=O) groups excluding carboxylic acids is 1. The lowest BCUT2D eigenvalue weighted by atomic mass is 10.0. The smallest absolute Gasteiger partial charge is 0.228 e. The number of nitrogens with zero attached hydrogens (tertiary/aromatic N) is 3. The van der Waals surface area contributed by atoms with Crippen molar-refractivity contribution in [3.8, 4) is 11.1 Å². The highest BCUT2D eigenvalue weighted by molar-refractivity contribution is 5.93. The molecular weight excluding hydrogens is 330 g/mol. The van der Waals surface area contributed by atoms with Crippen LogP contribution in [0.5, 0.6) is 0 Å². The summed E-state index contributed by atoms with van der Waals surface area (Å²) in [7, 11) is 0. The van der Waals surface area contributed by atoms with Gasteiger partial charge >= 0.3 is 0 Å². The number of aliphatic hydroxyl groups excluding tert-OH is 1. The Morgan fingerprint density at radius 3 is 3.00 bits per heavy atom. The van der Waals surface area contributed by atoms with E-state index in [1.165, 1.54) is 0 Å². The number of aliphatic hydroxyl groups is 1. The molecule has 0 bridgehead atoms. The Hall–Kier alpha value is -3.19. The van der Waals surface area contributed by atoms with E-state index in [-0.39, 0.29) is 18.4 Å². The number of fused-ring (bicyclic) bond motifs is 2. The second-order valence-corrected chi connectivity index (χ2v) is 6.66. The van der Waals surface area contributed by atoms with Crippen LogP contribution in [0.1, 0.15) is 18.4 Å². The fourth-order valence-corrected chi connectivity index (χ4v) is 3.21. The highest BCUT2D eigenvalue weighted by Crippen LogP contribution is 2.31. The number of nitrogens with one attached hydrogen (secondary N) is 2. The van der Waals surface area contributed by atoms with Crippen LogP contribution in [-0.2, 0) is 11.4 Å². The molecule has 0 aliphatic heterocycles. The van der Waals surface area contributed by atoms with E-state index in [0.717, 1.165) is 46.2 Å². The fraction of sp³-hybridized carbons (Fsp3) is 0.211. The molecule has 0 radical (unpaired) electrons. The molecule has 5 rings (SSSR count). The molecule has 1 aliphatic rings. The third-order valence-corrected chi connectivity index (χ3v) is 4.78. The number of imidazole rings is 2. The first-order valence-electron chi connectivity index (χ1n) is 8.58. The number of hydrogen-bond acceptors (Lipinski definition) is 4. The number of hydrogen-bond donors (Lipinski definition) is 3. The third-order valence-electron chi connectivity index (χ3n) is 4.78. The molecule has 26 heavy (non-hydrogen) atoms. The second-order valence-electron chi connectivity index (χ2n) is 6.66. The van der Waals surface area contributed by atoms with Crippen LogP contribution in [0, 0.1) is 5.92 Å². The number of aromatic nitrogens is 4. The SMILES string of the molecule is O=C(Nc1cn2cc(-c3cc4[nH]cnc4cc3CO)ccc2n1)C1CC1. The molecule has 0 atom stereocenters. The monoisotopic (exact) mass is 347 g/mol. The Balaban J connectivity index is 1.55. The van der Waals surface area contributed by atoms with Gasteiger partial charge in [0, 0.05) is 12.1 Å². The van der Waals surface area contributed by atoms with Gasteiger partial charge in [-0.05, 0) is 53.8 Å². The highest BCUT2D eigenvalue weighted by atomic mass is 16.3. The van der Waals surface area contributed by atoms with Gasteiger partial charge < -0.3 is 19.8 Å². The Labute approximate surface area is 148 Å². The molecule has 1 amide bonds. The maximum Gasteiger partial charge on any atom is 0.228 e. The fourth-order valence-electron chi connectivity index (χ4n) is 3.21. The van der Waals surface area contributed by atoms with Gasteiger partial charge in [-0.2, -0.15) is 0 Å². The number of aromatic amines is 1. The molecular formula is C19H17N5O2. The number of anilines is 1. The Morgan fingerprint density at radius 1 is 1.31 bits per heavy atom. The van der Waals surface area contributed by atoms with Crippen LogP contribution < -0.4 is 5.32 Å². The molecule has 0 saturated heterocycles. The number of pyridine rings is 1. The van der Waals surface area contributed by atoms with Crippen molar-refractivity contribution in [1.82, 2.24) is 19.4 Å². The van der Waals surface area contributed by atoms with Crippen molar-refractivity contribution in [2.75, 3.05) is 5.32 Å². The third kappa shape index (κ3) is 2.53. The molecule has 0 unspecified atom stereocenters. The highest BCUT2D eigenvalue weighted by Gasteiger charge is 2.30. The van der Waals surface area contributed by atoms with Crippen LogP contribution >= 0.6 is 0 Å². The van der Waals surface area contributed by atoms with Gasteiger partial charge in [0.2, 0.25) is 5.91 Å². The van der Waals surface area contributed by atoms with Crippen LogP contribution in [0.25, 0.3) is 27.8 Å². The van der Waals surface area contributed by atoms with E-state index in [9.17, 15) is 9.90 Å². The van der Waals surface area contributed by atoms with Crippen molar-refractivity contribution in [1.29, 1.82) is 0 Å². The molecule has 1 aromatic carbocycles. The standard InChI is InChI=1S/C19H17N5O2/c25-9-13-5-15-16(21-10-20-15)6-14(13)12-3-4-18-22-17(8-24(18)7-12)23-19(26)11-1-2-11/h3-8,10-11,25H,1-2,9H2,(H,20,21)(H,23,26). The molecule has 1 aliphatic carbocycles. The number of carbonyl (C=O) groups is 1.